The highest BCUT2D eigenvalue weighted by molar-refractivity contribution is 9.10. The molecule has 3 rings (SSSR count). The lowest BCUT2D eigenvalue weighted by molar-refractivity contribution is -0.384. The SMILES string of the molecule is O=C(N/N=C/c1ccc(Cl)c([N+](=O)[O-])c1)C(=O)Nc1ccccc1C(=O)Nc1ccc(Br)cc1. The number of nitrogens with one attached hydrogen (secondary N) is 3. The quantitative estimate of drug-likeness (QED) is 0.183. The number of para-hydroxylation sites is 1. The zero-order chi connectivity index (χ0) is 24.7. The summed E-state index contributed by atoms with van der Waals surface area (Å²) in [6.45, 7) is 0. The monoisotopic (exact) mass is 543 g/mol. The summed E-state index contributed by atoms with van der Waals surface area (Å²) in [5.74, 6) is -2.66. The maximum Gasteiger partial charge on any atom is 0.329 e. The van der Waals surface area contributed by atoms with Crippen molar-refractivity contribution in [3.05, 3.63) is 97.5 Å². The number of anilines is 2. The summed E-state index contributed by atoms with van der Waals surface area (Å²) >= 11 is 9.05. The molecule has 3 amide bonds. The third-order valence-corrected chi connectivity index (χ3v) is 5.12. The van der Waals surface area contributed by atoms with Gasteiger partial charge >= 0.3 is 11.8 Å². The summed E-state index contributed by atoms with van der Waals surface area (Å²) in [5, 5.41) is 19.6. The molecule has 0 spiro atoms. The molecule has 0 saturated heterocycles. The Kier molecular flexibility index (Phi) is 8.06. The van der Waals surface area contributed by atoms with Gasteiger partial charge in [0.15, 0.2) is 0 Å². The number of benzene rings is 3. The third-order valence-electron chi connectivity index (χ3n) is 4.27. The van der Waals surface area contributed by atoms with Gasteiger partial charge in [-0.3, -0.25) is 24.5 Å². The first kappa shape index (κ1) is 24.6. The molecular weight excluding hydrogens is 530 g/mol. The molecule has 0 heterocycles. The Bertz CT molecular complexity index is 1300. The Morgan fingerprint density at radius 2 is 1.68 bits per heavy atom. The molecule has 0 aromatic heterocycles. The highest BCUT2D eigenvalue weighted by Gasteiger charge is 2.18. The number of hydrogen-bond acceptors (Lipinski definition) is 6. The average Bonchev–Trinajstić information content (AvgIpc) is 2.81. The van der Waals surface area contributed by atoms with Crippen LogP contribution < -0.4 is 16.1 Å². The molecule has 0 aliphatic heterocycles. The van der Waals surface area contributed by atoms with Crippen LogP contribution in [0.5, 0.6) is 0 Å². The van der Waals surface area contributed by atoms with Gasteiger partial charge in [0.2, 0.25) is 0 Å². The fraction of sp³-hybridized carbons (Fsp3) is 0. The van der Waals surface area contributed by atoms with E-state index < -0.39 is 22.6 Å². The molecule has 0 atom stereocenters. The van der Waals surface area contributed by atoms with Crippen LogP contribution in [0.15, 0.2) is 76.3 Å². The molecular formula is C22H15BrClN5O5. The highest BCUT2D eigenvalue weighted by atomic mass is 79.9. The molecule has 0 aliphatic carbocycles. The second kappa shape index (κ2) is 11.2. The van der Waals surface area contributed by atoms with E-state index in [9.17, 15) is 24.5 Å². The molecule has 0 saturated carbocycles. The molecule has 3 N–H and O–H groups in total. The van der Waals surface area contributed by atoms with Crippen LogP contribution in [0.4, 0.5) is 17.1 Å². The van der Waals surface area contributed by atoms with Crippen molar-refractivity contribution in [2.75, 3.05) is 10.6 Å². The van der Waals surface area contributed by atoms with Crippen molar-refractivity contribution in [3.63, 3.8) is 0 Å². The summed E-state index contributed by atoms with van der Waals surface area (Å²) in [5.41, 5.74) is 2.78. The van der Waals surface area contributed by atoms with Crippen molar-refractivity contribution in [1.82, 2.24) is 5.43 Å². The number of hydrogen-bond donors (Lipinski definition) is 3. The summed E-state index contributed by atoms with van der Waals surface area (Å²) < 4.78 is 0.848. The van der Waals surface area contributed by atoms with Gasteiger partial charge in [0.05, 0.1) is 22.4 Å². The Morgan fingerprint density at radius 1 is 0.971 bits per heavy atom. The molecule has 3 aromatic carbocycles. The van der Waals surface area contributed by atoms with Gasteiger partial charge in [-0.05, 0) is 42.5 Å². The topological polar surface area (TPSA) is 143 Å². The maximum absolute atomic E-state index is 12.6. The van der Waals surface area contributed by atoms with Gasteiger partial charge < -0.3 is 10.6 Å². The van der Waals surface area contributed by atoms with E-state index in [-0.39, 0.29) is 27.5 Å². The van der Waals surface area contributed by atoms with E-state index >= 15 is 0 Å². The van der Waals surface area contributed by atoms with Gasteiger partial charge in [0, 0.05) is 21.8 Å². The van der Waals surface area contributed by atoms with Crippen LogP contribution >= 0.6 is 27.5 Å². The van der Waals surface area contributed by atoms with Crippen LogP contribution in [0.3, 0.4) is 0 Å². The first-order chi connectivity index (χ1) is 16.2. The van der Waals surface area contributed by atoms with Gasteiger partial charge in [-0.25, -0.2) is 5.43 Å². The van der Waals surface area contributed by atoms with E-state index in [0.29, 0.717) is 5.69 Å². The molecule has 0 radical (unpaired) electrons. The number of nitro groups is 1. The zero-order valence-electron chi connectivity index (χ0n) is 17.1. The predicted octanol–water partition coefficient (Wildman–Crippen LogP) is 4.35. The van der Waals surface area contributed by atoms with Crippen LogP contribution in [-0.2, 0) is 9.59 Å². The zero-order valence-corrected chi connectivity index (χ0v) is 19.5. The van der Waals surface area contributed by atoms with Crippen molar-refractivity contribution in [3.8, 4) is 0 Å². The number of nitrogens with zero attached hydrogens (tertiary/aromatic N) is 2. The van der Waals surface area contributed by atoms with Gasteiger partial charge in [0.25, 0.3) is 11.6 Å². The highest BCUT2D eigenvalue weighted by Crippen LogP contribution is 2.24. The van der Waals surface area contributed by atoms with Crippen LogP contribution in [0, 0.1) is 10.1 Å². The largest absolute Gasteiger partial charge is 0.329 e. The van der Waals surface area contributed by atoms with Gasteiger partial charge in [-0.2, -0.15) is 5.10 Å². The lowest BCUT2D eigenvalue weighted by Crippen LogP contribution is -2.33. The number of carbonyl (C=O) groups excluding carboxylic acids is 3. The minimum Gasteiger partial charge on any atom is -0.322 e. The first-order valence-electron chi connectivity index (χ1n) is 9.49. The van der Waals surface area contributed by atoms with E-state index in [1.165, 1.54) is 30.3 Å². The second-order valence-corrected chi connectivity index (χ2v) is 7.95. The molecule has 0 unspecified atom stereocenters. The molecule has 12 heteroatoms. The first-order valence-corrected chi connectivity index (χ1v) is 10.7. The van der Waals surface area contributed by atoms with Crippen molar-refractivity contribution in [1.29, 1.82) is 0 Å². The lowest BCUT2D eigenvalue weighted by atomic mass is 10.1. The van der Waals surface area contributed by atoms with E-state index in [1.807, 2.05) is 5.43 Å². The van der Waals surface area contributed by atoms with Crippen molar-refractivity contribution in [2.45, 2.75) is 0 Å². The average molecular weight is 545 g/mol. The smallest absolute Gasteiger partial charge is 0.322 e. The van der Waals surface area contributed by atoms with E-state index in [0.717, 1.165) is 10.7 Å². The molecule has 0 aliphatic rings. The lowest BCUT2D eigenvalue weighted by Gasteiger charge is -2.11. The summed E-state index contributed by atoms with van der Waals surface area (Å²) in [7, 11) is 0. The minimum absolute atomic E-state index is 0.0478. The molecule has 0 bridgehead atoms. The van der Waals surface area contributed by atoms with Crippen molar-refractivity contribution >= 4 is 68.5 Å². The van der Waals surface area contributed by atoms with Crippen LogP contribution in [-0.4, -0.2) is 28.9 Å². The second-order valence-electron chi connectivity index (χ2n) is 6.63. The predicted molar refractivity (Wildman–Crippen MR) is 131 cm³/mol. The number of carbonyl (C=O) groups is 3. The number of nitro benzene ring substituents is 1. The van der Waals surface area contributed by atoms with Gasteiger partial charge in [0.1, 0.15) is 5.02 Å². The standard InChI is InChI=1S/C22H15BrClN5O5/c23-14-6-8-15(9-7-14)26-20(30)16-3-1-2-4-18(16)27-21(31)22(32)28-25-12-13-5-10-17(24)19(11-13)29(33)34/h1-12H,(H,26,30)(H,27,31)(H,28,32)/b25-12+. The summed E-state index contributed by atoms with van der Waals surface area (Å²) in [4.78, 5) is 47.3. The normalized spacial score (nSPS) is 10.5. The van der Waals surface area contributed by atoms with Crippen LogP contribution in [0.25, 0.3) is 0 Å². The van der Waals surface area contributed by atoms with E-state index in [4.69, 9.17) is 11.6 Å². The number of hydrazone groups is 1. The Balaban J connectivity index is 1.64. The maximum atomic E-state index is 12.6. The molecule has 34 heavy (non-hydrogen) atoms. The van der Waals surface area contributed by atoms with E-state index in [1.54, 1.807) is 36.4 Å². The van der Waals surface area contributed by atoms with Crippen LogP contribution in [0.2, 0.25) is 5.02 Å². The van der Waals surface area contributed by atoms with E-state index in [2.05, 4.69) is 31.7 Å². The summed E-state index contributed by atoms with van der Waals surface area (Å²) in [6.07, 6.45) is 1.12. The molecule has 172 valence electrons. The number of halogens is 2. The third kappa shape index (κ3) is 6.47. The van der Waals surface area contributed by atoms with Crippen molar-refractivity contribution < 1.29 is 19.3 Å². The fourth-order valence-electron chi connectivity index (χ4n) is 2.67. The van der Waals surface area contributed by atoms with Gasteiger partial charge in [-0.1, -0.05) is 45.7 Å². The number of rotatable bonds is 6. The van der Waals surface area contributed by atoms with Gasteiger partial charge in [-0.15, -0.1) is 0 Å². The van der Waals surface area contributed by atoms with Crippen molar-refractivity contribution in [2.24, 2.45) is 5.10 Å². The fourth-order valence-corrected chi connectivity index (χ4v) is 3.12. The Labute approximate surface area is 206 Å². The Hall–Kier alpha value is -4.09. The molecule has 0 fully saturated rings. The summed E-state index contributed by atoms with van der Waals surface area (Å²) in [6, 6.07) is 17.0. The number of amides is 3. The van der Waals surface area contributed by atoms with Crippen LogP contribution in [0.1, 0.15) is 15.9 Å². The molecule has 10 nitrogen and oxygen atoms in total. The Morgan fingerprint density at radius 3 is 2.38 bits per heavy atom. The molecule has 3 aromatic rings. The minimum atomic E-state index is -1.11.